The van der Waals surface area contributed by atoms with Gasteiger partial charge in [-0.05, 0) is 67.8 Å². The summed E-state index contributed by atoms with van der Waals surface area (Å²) < 4.78 is 1.73. The Labute approximate surface area is 141 Å². The number of carbonyl (C=O) groups excluding carboxylic acids is 1. The van der Waals surface area contributed by atoms with Gasteiger partial charge >= 0.3 is 0 Å². The summed E-state index contributed by atoms with van der Waals surface area (Å²) >= 11 is 0. The van der Waals surface area contributed by atoms with Crippen molar-refractivity contribution in [2.24, 2.45) is 5.92 Å². The largest absolute Gasteiger partial charge is 0.326 e. The molecule has 2 aromatic rings. The number of aryl methyl sites for hydroxylation is 1. The van der Waals surface area contributed by atoms with Crippen molar-refractivity contribution in [3.63, 3.8) is 0 Å². The Morgan fingerprint density at radius 2 is 2.21 bits per heavy atom. The SMILES string of the molecule is CCn1nnnc1-c1cccc(NC(=O)CCC2CCNCC2)c1. The van der Waals surface area contributed by atoms with E-state index in [1.165, 1.54) is 12.8 Å². The maximum Gasteiger partial charge on any atom is 0.224 e. The van der Waals surface area contributed by atoms with E-state index >= 15 is 0 Å². The molecule has 0 spiro atoms. The van der Waals surface area contributed by atoms with E-state index in [0.29, 0.717) is 24.7 Å². The fourth-order valence-electron chi connectivity index (χ4n) is 3.09. The number of hydrogen-bond donors (Lipinski definition) is 2. The van der Waals surface area contributed by atoms with E-state index in [4.69, 9.17) is 0 Å². The molecule has 1 amide bonds. The van der Waals surface area contributed by atoms with Gasteiger partial charge < -0.3 is 10.6 Å². The minimum Gasteiger partial charge on any atom is -0.326 e. The number of piperidine rings is 1. The van der Waals surface area contributed by atoms with Crippen molar-refractivity contribution in [1.29, 1.82) is 0 Å². The number of benzene rings is 1. The Balaban J connectivity index is 1.59. The van der Waals surface area contributed by atoms with Crippen molar-refractivity contribution in [1.82, 2.24) is 25.5 Å². The second-order valence-corrected chi connectivity index (χ2v) is 6.18. The standard InChI is InChI=1S/C17H24N6O/c1-2-23-17(20-21-22-23)14-4-3-5-15(12-14)19-16(24)7-6-13-8-10-18-11-9-13/h3-5,12-13,18H,2,6-11H2,1H3,(H,19,24). The molecule has 7 nitrogen and oxygen atoms in total. The van der Waals surface area contributed by atoms with Gasteiger partial charge in [0.15, 0.2) is 5.82 Å². The highest BCUT2D eigenvalue weighted by Crippen LogP contribution is 2.21. The van der Waals surface area contributed by atoms with Gasteiger partial charge in [-0.3, -0.25) is 4.79 Å². The number of tetrazole rings is 1. The van der Waals surface area contributed by atoms with E-state index < -0.39 is 0 Å². The van der Waals surface area contributed by atoms with E-state index in [9.17, 15) is 4.79 Å². The summed E-state index contributed by atoms with van der Waals surface area (Å²) in [6.07, 6.45) is 3.87. The summed E-state index contributed by atoms with van der Waals surface area (Å²) in [6.45, 7) is 4.84. The maximum atomic E-state index is 12.2. The average molecular weight is 328 g/mol. The second kappa shape index (κ2) is 8.01. The predicted octanol–water partition coefficient (Wildman–Crippen LogP) is 2.08. The van der Waals surface area contributed by atoms with Crippen molar-refractivity contribution < 1.29 is 4.79 Å². The molecule has 0 unspecified atom stereocenters. The highest BCUT2D eigenvalue weighted by Gasteiger charge is 2.15. The van der Waals surface area contributed by atoms with Crippen LogP contribution >= 0.6 is 0 Å². The molecule has 128 valence electrons. The number of aromatic nitrogens is 4. The van der Waals surface area contributed by atoms with Crippen LogP contribution in [0.3, 0.4) is 0 Å². The van der Waals surface area contributed by atoms with Gasteiger partial charge in [-0.25, -0.2) is 4.68 Å². The highest BCUT2D eigenvalue weighted by molar-refractivity contribution is 5.91. The van der Waals surface area contributed by atoms with E-state index in [0.717, 1.165) is 30.8 Å². The number of rotatable bonds is 6. The van der Waals surface area contributed by atoms with E-state index in [1.54, 1.807) is 4.68 Å². The van der Waals surface area contributed by atoms with Crippen LogP contribution in [-0.2, 0) is 11.3 Å². The minimum atomic E-state index is 0.0702. The molecule has 0 atom stereocenters. The molecule has 1 aliphatic rings. The Kier molecular flexibility index (Phi) is 5.53. The molecule has 1 aromatic carbocycles. The molecule has 2 N–H and O–H groups in total. The number of amides is 1. The van der Waals surface area contributed by atoms with E-state index in [-0.39, 0.29) is 5.91 Å². The van der Waals surface area contributed by atoms with Gasteiger partial charge in [0, 0.05) is 24.2 Å². The van der Waals surface area contributed by atoms with Gasteiger partial charge in [0.1, 0.15) is 0 Å². The fraction of sp³-hybridized carbons (Fsp3) is 0.529. The molecule has 1 aliphatic heterocycles. The topological polar surface area (TPSA) is 84.7 Å². The van der Waals surface area contributed by atoms with Crippen molar-refractivity contribution in [2.45, 2.75) is 39.2 Å². The van der Waals surface area contributed by atoms with Crippen LogP contribution < -0.4 is 10.6 Å². The van der Waals surface area contributed by atoms with Gasteiger partial charge in [-0.1, -0.05) is 12.1 Å². The minimum absolute atomic E-state index is 0.0702. The molecule has 1 fully saturated rings. The van der Waals surface area contributed by atoms with Crippen molar-refractivity contribution >= 4 is 11.6 Å². The molecule has 1 saturated heterocycles. The lowest BCUT2D eigenvalue weighted by Gasteiger charge is -2.22. The molecule has 7 heteroatoms. The van der Waals surface area contributed by atoms with Crippen molar-refractivity contribution in [2.75, 3.05) is 18.4 Å². The molecule has 2 heterocycles. The second-order valence-electron chi connectivity index (χ2n) is 6.18. The number of nitrogens with zero attached hydrogens (tertiary/aromatic N) is 4. The first kappa shape index (κ1) is 16.6. The Morgan fingerprint density at radius 1 is 1.38 bits per heavy atom. The number of nitrogens with one attached hydrogen (secondary N) is 2. The zero-order chi connectivity index (χ0) is 16.8. The zero-order valence-electron chi connectivity index (χ0n) is 14.0. The third-order valence-corrected chi connectivity index (χ3v) is 4.47. The first-order chi connectivity index (χ1) is 11.8. The first-order valence-corrected chi connectivity index (χ1v) is 8.63. The fourth-order valence-corrected chi connectivity index (χ4v) is 3.09. The maximum absolute atomic E-state index is 12.2. The molecule has 1 aromatic heterocycles. The molecule has 3 rings (SSSR count). The van der Waals surface area contributed by atoms with E-state index in [1.807, 2.05) is 31.2 Å². The van der Waals surface area contributed by atoms with Crippen LogP contribution in [0.15, 0.2) is 24.3 Å². The van der Waals surface area contributed by atoms with Crippen LogP contribution in [0.4, 0.5) is 5.69 Å². The highest BCUT2D eigenvalue weighted by atomic mass is 16.1. The van der Waals surface area contributed by atoms with Gasteiger partial charge in [0.25, 0.3) is 0 Å². The van der Waals surface area contributed by atoms with Crippen LogP contribution in [0, 0.1) is 5.92 Å². The molecule has 0 aliphatic carbocycles. The first-order valence-electron chi connectivity index (χ1n) is 8.63. The lowest BCUT2D eigenvalue weighted by Crippen LogP contribution is -2.28. The van der Waals surface area contributed by atoms with E-state index in [2.05, 4.69) is 26.2 Å². The predicted molar refractivity (Wildman–Crippen MR) is 92.4 cm³/mol. The number of carbonyl (C=O) groups is 1. The summed E-state index contributed by atoms with van der Waals surface area (Å²) in [5, 5.41) is 18.1. The van der Waals surface area contributed by atoms with Gasteiger partial charge in [-0.2, -0.15) is 0 Å². The molecule has 24 heavy (non-hydrogen) atoms. The van der Waals surface area contributed by atoms with Gasteiger partial charge in [0.05, 0.1) is 0 Å². The van der Waals surface area contributed by atoms with Crippen LogP contribution in [0.2, 0.25) is 0 Å². The van der Waals surface area contributed by atoms with Crippen LogP contribution in [-0.4, -0.2) is 39.2 Å². The van der Waals surface area contributed by atoms with Crippen LogP contribution in [0.25, 0.3) is 11.4 Å². The van der Waals surface area contributed by atoms with Gasteiger partial charge in [-0.15, -0.1) is 5.10 Å². The summed E-state index contributed by atoms with van der Waals surface area (Å²) in [5.41, 5.74) is 1.69. The lowest BCUT2D eigenvalue weighted by molar-refractivity contribution is -0.116. The van der Waals surface area contributed by atoms with Gasteiger partial charge in [0.2, 0.25) is 5.91 Å². The third-order valence-electron chi connectivity index (χ3n) is 4.47. The zero-order valence-corrected chi connectivity index (χ0v) is 14.0. The third kappa shape index (κ3) is 4.17. The normalized spacial score (nSPS) is 15.4. The Bertz CT molecular complexity index is 677. The average Bonchev–Trinajstić information content (AvgIpc) is 3.10. The Hall–Kier alpha value is -2.28. The molecular formula is C17H24N6O. The summed E-state index contributed by atoms with van der Waals surface area (Å²) in [7, 11) is 0. The molecule has 0 saturated carbocycles. The molecular weight excluding hydrogens is 304 g/mol. The molecule has 0 bridgehead atoms. The van der Waals surface area contributed by atoms with Crippen LogP contribution in [0.1, 0.15) is 32.6 Å². The summed E-state index contributed by atoms with van der Waals surface area (Å²) in [5.74, 6) is 1.45. The quantitative estimate of drug-likeness (QED) is 0.848. The number of anilines is 1. The summed E-state index contributed by atoms with van der Waals surface area (Å²) in [6, 6.07) is 7.67. The summed E-state index contributed by atoms with van der Waals surface area (Å²) in [4.78, 5) is 12.2. The van der Waals surface area contributed by atoms with Crippen molar-refractivity contribution in [3.05, 3.63) is 24.3 Å². The Morgan fingerprint density at radius 3 is 3.00 bits per heavy atom. The van der Waals surface area contributed by atoms with Crippen molar-refractivity contribution in [3.8, 4) is 11.4 Å². The number of hydrogen-bond acceptors (Lipinski definition) is 5. The monoisotopic (exact) mass is 328 g/mol. The van der Waals surface area contributed by atoms with Crippen LogP contribution in [0.5, 0.6) is 0 Å². The lowest BCUT2D eigenvalue weighted by atomic mass is 9.93. The molecule has 0 radical (unpaired) electrons. The smallest absolute Gasteiger partial charge is 0.224 e.